The molecular weight excluding hydrogens is 384 g/mol. The molecule has 1 aromatic carbocycles. The van der Waals surface area contributed by atoms with Gasteiger partial charge >= 0.3 is 5.97 Å². The molecule has 5 heterocycles. The van der Waals surface area contributed by atoms with E-state index < -0.39 is 5.97 Å². The lowest BCUT2D eigenvalue weighted by atomic mass is 9.75. The van der Waals surface area contributed by atoms with Gasteiger partial charge < -0.3 is 14.4 Å². The lowest BCUT2D eigenvalue weighted by Gasteiger charge is -2.43. The first kappa shape index (κ1) is 18.9. The van der Waals surface area contributed by atoms with Crippen molar-refractivity contribution < 1.29 is 23.9 Å². The summed E-state index contributed by atoms with van der Waals surface area (Å²) in [7, 11) is 0. The number of rotatable bonds is 2. The van der Waals surface area contributed by atoms with Gasteiger partial charge in [0.15, 0.2) is 6.61 Å². The number of para-hydroxylation sites is 1. The normalized spacial score (nSPS) is 25.0. The second-order valence-corrected chi connectivity index (χ2v) is 8.33. The zero-order valence-electron chi connectivity index (χ0n) is 17.1. The van der Waals surface area contributed by atoms with Crippen molar-refractivity contribution in [3.63, 3.8) is 0 Å². The van der Waals surface area contributed by atoms with E-state index in [-0.39, 0.29) is 36.4 Å². The highest BCUT2D eigenvalue weighted by molar-refractivity contribution is 6.01. The Balaban J connectivity index is 1.74. The minimum atomic E-state index is -0.495. The van der Waals surface area contributed by atoms with Gasteiger partial charge in [-0.25, -0.2) is 0 Å². The van der Waals surface area contributed by atoms with E-state index in [1.54, 1.807) is 10.8 Å². The third-order valence-corrected chi connectivity index (χ3v) is 6.64. The van der Waals surface area contributed by atoms with Gasteiger partial charge in [-0.05, 0) is 25.0 Å². The minimum Gasteiger partial charge on any atom is -0.498 e. The second kappa shape index (κ2) is 7.00. The van der Waals surface area contributed by atoms with Crippen molar-refractivity contribution in [2.24, 2.45) is 11.8 Å². The standard InChI is InChI=1S/C23H24N2O5/c1-13-18-10-24-8-7-16-15-5-3-4-6-20(15)25(22(28)12-30-14(2)26)23(16)19(11-29-13)17(18)9-21(24)27/h3-6,11,13,17-18H,7-10,12H2,1-2H3/t13-,17-,18?/m1/s1. The van der Waals surface area contributed by atoms with Crippen molar-refractivity contribution in [1.82, 2.24) is 9.47 Å². The molecule has 0 saturated carbocycles. The number of hydrogen-bond donors (Lipinski definition) is 0. The molecule has 7 nitrogen and oxygen atoms in total. The lowest BCUT2D eigenvalue weighted by Crippen LogP contribution is -2.49. The van der Waals surface area contributed by atoms with E-state index in [1.807, 2.05) is 36.1 Å². The van der Waals surface area contributed by atoms with Crippen LogP contribution in [0.3, 0.4) is 0 Å². The number of nitrogens with zero attached hydrogens (tertiary/aromatic N) is 2. The molecule has 0 radical (unpaired) electrons. The number of esters is 1. The van der Waals surface area contributed by atoms with Gasteiger partial charge in [0.2, 0.25) is 5.91 Å². The van der Waals surface area contributed by atoms with E-state index in [2.05, 4.69) is 0 Å². The van der Waals surface area contributed by atoms with Crippen molar-refractivity contribution in [3.8, 4) is 0 Å². The van der Waals surface area contributed by atoms with E-state index in [0.29, 0.717) is 25.9 Å². The summed E-state index contributed by atoms with van der Waals surface area (Å²) in [5.41, 5.74) is 3.52. The second-order valence-electron chi connectivity index (χ2n) is 8.33. The van der Waals surface area contributed by atoms with Gasteiger partial charge in [0, 0.05) is 49.2 Å². The molecule has 30 heavy (non-hydrogen) atoms. The van der Waals surface area contributed by atoms with Crippen molar-refractivity contribution in [2.45, 2.75) is 32.8 Å². The average molecular weight is 408 g/mol. The summed E-state index contributed by atoms with van der Waals surface area (Å²) in [6.45, 7) is 4.29. The maximum absolute atomic E-state index is 13.2. The molecule has 4 aliphatic heterocycles. The Morgan fingerprint density at radius 1 is 1.27 bits per heavy atom. The van der Waals surface area contributed by atoms with Crippen LogP contribution in [0.15, 0.2) is 30.5 Å². The van der Waals surface area contributed by atoms with Gasteiger partial charge in [-0.3, -0.25) is 19.0 Å². The first-order valence-corrected chi connectivity index (χ1v) is 10.4. The van der Waals surface area contributed by atoms with Gasteiger partial charge in [-0.2, -0.15) is 0 Å². The lowest BCUT2D eigenvalue weighted by molar-refractivity contribution is -0.140. The van der Waals surface area contributed by atoms with Crippen LogP contribution in [0.25, 0.3) is 16.5 Å². The Morgan fingerprint density at radius 3 is 2.87 bits per heavy atom. The summed E-state index contributed by atoms with van der Waals surface area (Å²) in [6, 6.07) is 7.76. The van der Waals surface area contributed by atoms with Crippen LogP contribution < -0.4 is 0 Å². The molecule has 3 atom stereocenters. The summed E-state index contributed by atoms with van der Waals surface area (Å²) >= 11 is 0. The molecule has 4 aliphatic rings. The summed E-state index contributed by atoms with van der Waals surface area (Å²) in [5, 5.41) is 0.981. The Bertz CT molecular complexity index is 1100. The molecule has 0 N–H and O–H groups in total. The third-order valence-electron chi connectivity index (χ3n) is 6.64. The molecule has 1 saturated heterocycles. The highest BCUT2D eigenvalue weighted by Gasteiger charge is 2.45. The fourth-order valence-corrected chi connectivity index (χ4v) is 5.18. The molecule has 156 valence electrons. The number of carbonyl (C=O) groups excluding carboxylic acids is 3. The van der Waals surface area contributed by atoms with Gasteiger partial charge in [0.05, 0.1) is 17.5 Å². The fourth-order valence-electron chi connectivity index (χ4n) is 5.18. The number of benzene rings is 1. The topological polar surface area (TPSA) is 77.8 Å². The van der Waals surface area contributed by atoms with Crippen LogP contribution in [0, 0.1) is 11.8 Å². The van der Waals surface area contributed by atoms with Crippen LogP contribution in [0.5, 0.6) is 0 Å². The predicted octanol–water partition coefficient (Wildman–Crippen LogP) is 2.63. The number of amides is 1. The average Bonchev–Trinajstić information content (AvgIpc) is 3.08. The molecule has 1 aromatic heterocycles. The van der Waals surface area contributed by atoms with E-state index in [1.165, 1.54) is 6.92 Å². The SMILES string of the molecule is CC(=O)OCC(=O)n1c2c(c3ccccc31)CCN1CC3[C@@H](C)OC=C2[C@@H]3CC1=O. The van der Waals surface area contributed by atoms with Crippen LogP contribution >= 0.6 is 0 Å². The first-order valence-electron chi connectivity index (χ1n) is 10.4. The van der Waals surface area contributed by atoms with Crippen molar-refractivity contribution in [2.75, 3.05) is 19.7 Å². The Kier molecular flexibility index (Phi) is 4.41. The van der Waals surface area contributed by atoms with E-state index >= 15 is 0 Å². The van der Waals surface area contributed by atoms with E-state index in [9.17, 15) is 14.4 Å². The summed E-state index contributed by atoms with van der Waals surface area (Å²) < 4.78 is 12.7. The molecule has 1 unspecified atom stereocenters. The zero-order valence-corrected chi connectivity index (χ0v) is 17.1. The zero-order chi connectivity index (χ0) is 21.0. The largest absolute Gasteiger partial charge is 0.498 e. The fraction of sp³-hybridized carbons (Fsp3) is 0.435. The van der Waals surface area contributed by atoms with E-state index in [4.69, 9.17) is 9.47 Å². The molecule has 1 amide bonds. The number of allylic oxidation sites excluding steroid dienone is 1. The van der Waals surface area contributed by atoms with Crippen molar-refractivity contribution >= 4 is 34.3 Å². The van der Waals surface area contributed by atoms with Gasteiger partial charge in [-0.1, -0.05) is 18.2 Å². The number of ether oxygens (including phenoxy) is 2. The minimum absolute atomic E-state index is 0.000984. The molecular formula is C23H24N2O5. The molecule has 2 aromatic rings. The van der Waals surface area contributed by atoms with Crippen LogP contribution in [0.2, 0.25) is 0 Å². The molecule has 0 spiro atoms. The molecule has 6 rings (SSSR count). The van der Waals surface area contributed by atoms with Crippen LogP contribution in [-0.2, 0) is 25.5 Å². The molecule has 0 aliphatic carbocycles. The summed E-state index contributed by atoms with van der Waals surface area (Å²) in [4.78, 5) is 39.2. The van der Waals surface area contributed by atoms with Gasteiger partial charge in [-0.15, -0.1) is 0 Å². The Hall–Kier alpha value is -3.09. The summed E-state index contributed by atoms with van der Waals surface area (Å²) in [5.74, 6) is -0.462. The van der Waals surface area contributed by atoms with Crippen molar-refractivity contribution in [3.05, 3.63) is 41.8 Å². The van der Waals surface area contributed by atoms with Gasteiger partial charge in [0.25, 0.3) is 5.91 Å². The quantitative estimate of drug-likeness (QED) is 0.714. The highest BCUT2D eigenvalue weighted by Crippen LogP contribution is 2.46. The predicted molar refractivity (Wildman–Crippen MR) is 110 cm³/mol. The highest BCUT2D eigenvalue weighted by atomic mass is 16.5. The molecule has 4 bridgehead atoms. The maximum Gasteiger partial charge on any atom is 0.303 e. The van der Waals surface area contributed by atoms with Crippen LogP contribution in [0.4, 0.5) is 0 Å². The smallest absolute Gasteiger partial charge is 0.303 e. The van der Waals surface area contributed by atoms with Crippen LogP contribution in [-0.4, -0.2) is 53.1 Å². The van der Waals surface area contributed by atoms with Crippen LogP contribution in [0.1, 0.15) is 36.3 Å². The maximum atomic E-state index is 13.2. The number of carbonyl (C=O) groups is 3. The number of hydrogen-bond acceptors (Lipinski definition) is 5. The Morgan fingerprint density at radius 2 is 2.07 bits per heavy atom. The van der Waals surface area contributed by atoms with Gasteiger partial charge in [0.1, 0.15) is 6.10 Å². The number of piperidine rings is 1. The monoisotopic (exact) mass is 408 g/mol. The van der Waals surface area contributed by atoms with E-state index in [0.717, 1.165) is 27.7 Å². The Labute approximate surface area is 174 Å². The molecule has 7 heteroatoms. The number of aromatic nitrogens is 1. The number of fused-ring (bicyclic) bond motifs is 3. The van der Waals surface area contributed by atoms with Crippen molar-refractivity contribution in [1.29, 1.82) is 0 Å². The summed E-state index contributed by atoms with van der Waals surface area (Å²) in [6.07, 6.45) is 2.82. The first-order chi connectivity index (χ1) is 14.5. The molecule has 1 fully saturated rings. The third kappa shape index (κ3) is 2.83.